The topological polar surface area (TPSA) is 56.2 Å². The highest BCUT2D eigenvalue weighted by molar-refractivity contribution is 6.39. The summed E-state index contributed by atoms with van der Waals surface area (Å²) >= 11 is 12.0. The fraction of sp³-hybridized carbons (Fsp3) is 0.111. The van der Waals surface area contributed by atoms with Gasteiger partial charge in [0.1, 0.15) is 5.75 Å². The summed E-state index contributed by atoms with van der Waals surface area (Å²) in [5.74, 6) is -0.521. The summed E-state index contributed by atoms with van der Waals surface area (Å²) in [6, 6.07) is 10.7. The van der Waals surface area contributed by atoms with E-state index in [-0.39, 0.29) is 33.9 Å². The SMILES string of the molecule is O=C(Nc1c(Cl)cccc1Cl)c1ccn(COc2cccc(C(F)(F)F)c2)n1. The van der Waals surface area contributed by atoms with E-state index in [1.165, 1.54) is 29.1 Å². The number of nitrogens with zero attached hydrogens (tertiary/aromatic N) is 2. The average Bonchev–Trinajstić information content (AvgIpc) is 3.12. The molecule has 28 heavy (non-hydrogen) atoms. The van der Waals surface area contributed by atoms with Crippen LogP contribution in [0.3, 0.4) is 0 Å². The van der Waals surface area contributed by atoms with Gasteiger partial charge in [0.05, 0.1) is 21.3 Å². The summed E-state index contributed by atoms with van der Waals surface area (Å²) in [5, 5.41) is 7.13. The minimum absolute atomic E-state index is 0.0270. The van der Waals surface area contributed by atoms with Crippen molar-refractivity contribution in [1.29, 1.82) is 0 Å². The van der Waals surface area contributed by atoms with E-state index in [0.717, 1.165) is 12.1 Å². The molecule has 0 atom stereocenters. The Hall–Kier alpha value is -2.71. The van der Waals surface area contributed by atoms with Gasteiger partial charge in [-0.2, -0.15) is 18.3 Å². The molecule has 0 saturated carbocycles. The third kappa shape index (κ3) is 4.76. The van der Waals surface area contributed by atoms with Crippen LogP contribution in [-0.4, -0.2) is 15.7 Å². The molecular formula is C18H12Cl2F3N3O2. The third-order valence-corrected chi connectivity index (χ3v) is 4.23. The molecule has 0 aliphatic rings. The Balaban J connectivity index is 1.65. The highest BCUT2D eigenvalue weighted by Gasteiger charge is 2.30. The summed E-state index contributed by atoms with van der Waals surface area (Å²) in [6.07, 6.45) is -3.01. The molecule has 146 valence electrons. The first-order valence-corrected chi connectivity index (χ1v) is 8.58. The van der Waals surface area contributed by atoms with Gasteiger partial charge in [0.2, 0.25) is 0 Å². The number of rotatable bonds is 5. The molecule has 0 aliphatic carbocycles. The molecule has 1 amide bonds. The van der Waals surface area contributed by atoms with E-state index in [2.05, 4.69) is 10.4 Å². The highest BCUT2D eigenvalue weighted by Crippen LogP contribution is 2.31. The van der Waals surface area contributed by atoms with E-state index in [4.69, 9.17) is 27.9 Å². The third-order valence-electron chi connectivity index (χ3n) is 3.60. The second kappa shape index (κ2) is 8.12. The smallest absolute Gasteiger partial charge is 0.416 e. The normalized spacial score (nSPS) is 11.3. The van der Waals surface area contributed by atoms with Gasteiger partial charge in [-0.05, 0) is 36.4 Å². The summed E-state index contributed by atoms with van der Waals surface area (Å²) in [7, 11) is 0. The molecule has 1 heterocycles. The number of hydrogen-bond acceptors (Lipinski definition) is 3. The lowest BCUT2D eigenvalue weighted by molar-refractivity contribution is -0.137. The van der Waals surface area contributed by atoms with Gasteiger partial charge in [-0.15, -0.1) is 0 Å². The molecular weight excluding hydrogens is 418 g/mol. The second-order valence-corrected chi connectivity index (χ2v) is 6.40. The number of amides is 1. The molecule has 0 fully saturated rings. The lowest BCUT2D eigenvalue weighted by Crippen LogP contribution is -2.15. The van der Waals surface area contributed by atoms with Crippen LogP contribution >= 0.6 is 23.2 Å². The first kappa shape index (κ1) is 20.0. The summed E-state index contributed by atoms with van der Waals surface area (Å²) in [4.78, 5) is 12.3. The predicted octanol–water partition coefficient (Wildman–Crippen LogP) is 5.50. The van der Waals surface area contributed by atoms with E-state index in [9.17, 15) is 18.0 Å². The van der Waals surface area contributed by atoms with Crippen LogP contribution in [0.5, 0.6) is 5.75 Å². The molecule has 5 nitrogen and oxygen atoms in total. The van der Waals surface area contributed by atoms with E-state index >= 15 is 0 Å². The Morgan fingerprint density at radius 2 is 1.79 bits per heavy atom. The Kier molecular flexibility index (Phi) is 5.81. The molecule has 0 saturated heterocycles. The lowest BCUT2D eigenvalue weighted by atomic mass is 10.2. The van der Waals surface area contributed by atoms with E-state index < -0.39 is 17.6 Å². The molecule has 0 bridgehead atoms. The number of carbonyl (C=O) groups is 1. The minimum Gasteiger partial charge on any atom is -0.471 e. The second-order valence-electron chi connectivity index (χ2n) is 5.59. The molecule has 1 N–H and O–H groups in total. The Morgan fingerprint density at radius 3 is 2.46 bits per heavy atom. The maximum Gasteiger partial charge on any atom is 0.416 e. The van der Waals surface area contributed by atoms with Gasteiger partial charge in [0, 0.05) is 6.20 Å². The molecule has 3 rings (SSSR count). The number of hydrogen-bond donors (Lipinski definition) is 1. The van der Waals surface area contributed by atoms with Crippen LogP contribution in [-0.2, 0) is 12.9 Å². The monoisotopic (exact) mass is 429 g/mol. The van der Waals surface area contributed by atoms with Crippen molar-refractivity contribution in [2.75, 3.05) is 5.32 Å². The maximum atomic E-state index is 12.7. The van der Waals surface area contributed by atoms with Gasteiger partial charge in [0.25, 0.3) is 5.91 Å². The van der Waals surface area contributed by atoms with Crippen LogP contribution in [0.2, 0.25) is 10.0 Å². The fourth-order valence-corrected chi connectivity index (χ4v) is 2.74. The number of anilines is 1. The number of ether oxygens (including phenoxy) is 1. The Morgan fingerprint density at radius 1 is 1.11 bits per heavy atom. The van der Waals surface area contributed by atoms with Crippen molar-refractivity contribution in [2.45, 2.75) is 12.9 Å². The summed E-state index contributed by atoms with van der Waals surface area (Å²) < 4.78 is 44.7. The van der Waals surface area contributed by atoms with Crippen LogP contribution in [0.15, 0.2) is 54.7 Å². The largest absolute Gasteiger partial charge is 0.471 e. The zero-order chi connectivity index (χ0) is 20.3. The van der Waals surface area contributed by atoms with Crippen LogP contribution in [0.1, 0.15) is 16.1 Å². The van der Waals surface area contributed by atoms with Crippen molar-refractivity contribution in [3.63, 3.8) is 0 Å². The van der Waals surface area contributed by atoms with Gasteiger partial charge in [-0.1, -0.05) is 35.3 Å². The fourth-order valence-electron chi connectivity index (χ4n) is 2.25. The van der Waals surface area contributed by atoms with E-state index in [0.29, 0.717) is 0 Å². The maximum absolute atomic E-state index is 12.7. The van der Waals surface area contributed by atoms with Gasteiger partial charge >= 0.3 is 6.18 Å². The molecule has 1 aromatic heterocycles. The van der Waals surface area contributed by atoms with E-state index in [1.54, 1.807) is 18.2 Å². The Bertz CT molecular complexity index is 985. The van der Waals surface area contributed by atoms with Crippen LogP contribution < -0.4 is 10.1 Å². The van der Waals surface area contributed by atoms with Crippen molar-refractivity contribution in [3.8, 4) is 5.75 Å². The molecule has 0 radical (unpaired) electrons. The minimum atomic E-state index is -4.46. The number of carbonyl (C=O) groups excluding carboxylic acids is 1. The molecule has 10 heteroatoms. The Labute approximate surface area is 167 Å². The average molecular weight is 430 g/mol. The first-order valence-electron chi connectivity index (χ1n) is 7.83. The number of benzene rings is 2. The standard InChI is InChI=1S/C18H12Cl2F3N3O2/c19-13-5-2-6-14(20)16(13)24-17(27)15-7-8-26(25-15)10-28-12-4-1-3-11(9-12)18(21,22)23/h1-9H,10H2,(H,24,27). The van der Waals surface area contributed by atoms with Crippen LogP contribution in [0.25, 0.3) is 0 Å². The number of aromatic nitrogens is 2. The van der Waals surface area contributed by atoms with Gasteiger partial charge < -0.3 is 10.1 Å². The quantitative estimate of drug-likeness (QED) is 0.582. The summed E-state index contributed by atoms with van der Waals surface area (Å²) in [6.45, 7) is -0.179. The van der Waals surface area contributed by atoms with Gasteiger partial charge in [-0.25, -0.2) is 4.68 Å². The zero-order valence-corrected chi connectivity index (χ0v) is 15.5. The number of para-hydroxylation sites is 1. The predicted molar refractivity (Wildman–Crippen MR) is 98.7 cm³/mol. The van der Waals surface area contributed by atoms with Crippen LogP contribution in [0, 0.1) is 0 Å². The van der Waals surface area contributed by atoms with Crippen LogP contribution in [0.4, 0.5) is 18.9 Å². The number of nitrogens with one attached hydrogen (secondary N) is 1. The molecule has 0 unspecified atom stereocenters. The van der Waals surface area contributed by atoms with Crippen molar-refractivity contribution in [1.82, 2.24) is 9.78 Å². The number of halogens is 5. The van der Waals surface area contributed by atoms with Crippen molar-refractivity contribution in [3.05, 3.63) is 76.0 Å². The molecule has 3 aromatic rings. The molecule has 0 spiro atoms. The lowest BCUT2D eigenvalue weighted by Gasteiger charge is -2.10. The molecule has 2 aromatic carbocycles. The van der Waals surface area contributed by atoms with E-state index in [1.807, 2.05) is 0 Å². The van der Waals surface area contributed by atoms with Crippen molar-refractivity contribution in [2.24, 2.45) is 0 Å². The van der Waals surface area contributed by atoms with Crippen molar-refractivity contribution >= 4 is 34.8 Å². The molecule has 0 aliphatic heterocycles. The van der Waals surface area contributed by atoms with Gasteiger partial charge in [0.15, 0.2) is 12.4 Å². The highest BCUT2D eigenvalue weighted by atomic mass is 35.5. The number of alkyl halides is 3. The first-order chi connectivity index (χ1) is 13.2. The zero-order valence-electron chi connectivity index (χ0n) is 14.0. The van der Waals surface area contributed by atoms with Crippen molar-refractivity contribution < 1.29 is 22.7 Å². The van der Waals surface area contributed by atoms with Gasteiger partial charge in [-0.3, -0.25) is 4.79 Å². The summed E-state index contributed by atoms with van der Waals surface area (Å²) in [5.41, 5.74) is -0.503.